The molecule has 134 valence electrons. The number of ether oxygens (including phenoxy) is 1. The maximum Gasteiger partial charge on any atom is 0.214 e. The van der Waals surface area contributed by atoms with Crippen molar-refractivity contribution in [2.45, 2.75) is 44.4 Å². The van der Waals surface area contributed by atoms with Crippen LogP contribution in [0.3, 0.4) is 0 Å². The van der Waals surface area contributed by atoms with Gasteiger partial charge in [0.1, 0.15) is 5.75 Å². The number of methoxy groups -OCH3 is 1. The monoisotopic (exact) mass is 359 g/mol. The van der Waals surface area contributed by atoms with E-state index in [1.807, 2.05) is 18.2 Å². The average molecular weight is 359 g/mol. The lowest BCUT2D eigenvalue weighted by molar-refractivity contribution is 0.414. The van der Waals surface area contributed by atoms with E-state index in [1.165, 1.54) is 16.7 Å². The van der Waals surface area contributed by atoms with E-state index in [-0.39, 0.29) is 6.04 Å². The first kappa shape index (κ1) is 18.0. The zero-order valence-electron chi connectivity index (χ0n) is 15.0. The Hall–Kier alpha value is -1.85. The molecule has 3 rings (SSSR count). The third-order valence-corrected chi connectivity index (χ3v) is 6.61. The zero-order valence-corrected chi connectivity index (χ0v) is 15.8. The Morgan fingerprint density at radius 1 is 1.16 bits per heavy atom. The molecule has 2 aromatic carbocycles. The first-order chi connectivity index (χ1) is 11.9. The fourth-order valence-corrected chi connectivity index (χ4v) is 4.17. The van der Waals surface area contributed by atoms with E-state index in [9.17, 15) is 8.42 Å². The Labute approximate surface area is 150 Å². The van der Waals surface area contributed by atoms with Crippen LogP contribution in [0.15, 0.2) is 42.5 Å². The summed E-state index contributed by atoms with van der Waals surface area (Å²) in [5, 5.41) is -0.413. The molecule has 0 saturated heterocycles. The number of nitrogens with one attached hydrogen (secondary N) is 1. The van der Waals surface area contributed by atoms with Crippen LogP contribution in [0.5, 0.6) is 5.75 Å². The highest BCUT2D eigenvalue weighted by Gasteiger charge is 2.28. The molecule has 5 heteroatoms. The summed E-state index contributed by atoms with van der Waals surface area (Å²) in [5.74, 6) is 0.863. The smallest absolute Gasteiger partial charge is 0.214 e. The number of aryl methyl sites for hydroxylation is 1. The van der Waals surface area contributed by atoms with Crippen LogP contribution in [0.2, 0.25) is 0 Å². The predicted octanol–water partition coefficient (Wildman–Crippen LogP) is 3.60. The summed E-state index contributed by atoms with van der Waals surface area (Å²) < 4.78 is 32.4. The van der Waals surface area contributed by atoms with Crippen LogP contribution in [-0.4, -0.2) is 20.8 Å². The molecule has 4 nitrogen and oxygen atoms in total. The Bertz CT molecular complexity index is 859. The van der Waals surface area contributed by atoms with Gasteiger partial charge in [0.05, 0.1) is 12.4 Å². The van der Waals surface area contributed by atoms with Gasteiger partial charge >= 0.3 is 0 Å². The first-order valence-electron chi connectivity index (χ1n) is 8.65. The second kappa shape index (κ2) is 7.18. The zero-order chi connectivity index (χ0) is 18.0. The summed E-state index contributed by atoms with van der Waals surface area (Å²) in [5.41, 5.74) is 4.80. The molecule has 0 heterocycles. The Balaban J connectivity index is 1.77. The maximum atomic E-state index is 12.1. The molecule has 25 heavy (non-hydrogen) atoms. The van der Waals surface area contributed by atoms with E-state index in [4.69, 9.17) is 4.74 Å². The normalized spacial score (nSPS) is 16.9. The van der Waals surface area contributed by atoms with E-state index in [2.05, 4.69) is 29.0 Å². The molecule has 0 radical (unpaired) electrons. The highest BCUT2D eigenvalue weighted by molar-refractivity contribution is 7.90. The minimum absolute atomic E-state index is 0.103. The van der Waals surface area contributed by atoms with Gasteiger partial charge in [-0.3, -0.25) is 0 Å². The SMILES string of the molecule is COc1cccc(Cc2ccc3c(c2)CCC3NS(=O)(=O)C(C)C)c1. The number of rotatable bonds is 6. The van der Waals surface area contributed by atoms with Gasteiger partial charge in [0.2, 0.25) is 10.0 Å². The summed E-state index contributed by atoms with van der Waals surface area (Å²) in [6.07, 6.45) is 2.57. The van der Waals surface area contributed by atoms with Gasteiger partial charge in [0.25, 0.3) is 0 Å². The van der Waals surface area contributed by atoms with Crippen LogP contribution >= 0.6 is 0 Å². The van der Waals surface area contributed by atoms with Crippen molar-refractivity contribution in [2.75, 3.05) is 7.11 Å². The average Bonchev–Trinajstić information content (AvgIpc) is 2.96. The van der Waals surface area contributed by atoms with E-state index < -0.39 is 15.3 Å². The molecule has 1 aliphatic rings. The van der Waals surface area contributed by atoms with Crippen molar-refractivity contribution < 1.29 is 13.2 Å². The summed E-state index contributed by atoms with van der Waals surface area (Å²) in [6, 6.07) is 14.4. The number of fused-ring (bicyclic) bond motifs is 1. The molecule has 0 saturated carbocycles. The van der Waals surface area contributed by atoms with Crippen molar-refractivity contribution in [3.8, 4) is 5.75 Å². The highest BCUT2D eigenvalue weighted by Crippen LogP contribution is 2.33. The van der Waals surface area contributed by atoms with E-state index in [0.717, 1.165) is 30.6 Å². The highest BCUT2D eigenvalue weighted by atomic mass is 32.2. The van der Waals surface area contributed by atoms with Crippen LogP contribution < -0.4 is 9.46 Å². The Morgan fingerprint density at radius 3 is 2.64 bits per heavy atom. The van der Waals surface area contributed by atoms with Gasteiger partial charge in [-0.1, -0.05) is 30.3 Å². The Morgan fingerprint density at radius 2 is 1.92 bits per heavy atom. The third-order valence-electron chi connectivity index (χ3n) is 4.75. The van der Waals surface area contributed by atoms with Gasteiger partial charge in [0.15, 0.2) is 0 Å². The molecule has 1 aliphatic carbocycles. The van der Waals surface area contributed by atoms with Crippen LogP contribution in [0.1, 0.15) is 48.6 Å². The number of benzene rings is 2. The minimum Gasteiger partial charge on any atom is -0.497 e. The fraction of sp³-hybridized carbons (Fsp3) is 0.400. The standard InChI is InChI=1S/C20H25NO3S/c1-14(2)25(22,23)21-20-10-8-17-12-16(7-9-19(17)20)11-15-5-4-6-18(13-15)24-3/h4-7,9,12-14,20-21H,8,10-11H2,1-3H3. The number of sulfonamides is 1. The summed E-state index contributed by atoms with van der Waals surface area (Å²) >= 11 is 0. The molecule has 0 bridgehead atoms. The van der Waals surface area contributed by atoms with Crippen LogP contribution in [0, 0.1) is 0 Å². The van der Waals surface area contributed by atoms with Crippen LogP contribution in [-0.2, 0) is 22.9 Å². The lowest BCUT2D eigenvalue weighted by Crippen LogP contribution is -2.33. The largest absolute Gasteiger partial charge is 0.497 e. The molecular formula is C20H25NO3S. The molecular weight excluding hydrogens is 334 g/mol. The second-order valence-electron chi connectivity index (χ2n) is 6.86. The topological polar surface area (TPSA) is 55.4 Å². The Kier molecular flexibility index (Phi) is 5.16. The number of hydrogen-bond acceptors (Lipinski definition) is 3. The second-order valence-corrected chi connectivity index (χ2v) is 9.13. The number of hydrogen-bond donors (Lipinski definition) is 1. The molecule has 0 amide bonds. The lowest BCUT2D eigenvalue weighted by atomic mass is 10.00. The van der Waals surface area contributed by atoms with Gasteiger partial charge in [-0.25, -0.2) is 13.1 Å². The third kappa shape index (κ3) is 4.05. The summed E-state index contributed by atoms with van der Waals surface area (Å²) in [4.78, 5) is 0. The summed E-state index contributed by atoms with van der Waals surface area (Å²) in [7, 11) is -1.58. The molecule has 2 aromatic rings. The van der Waals surface area contributed by atoms with E-state index >= 15 is 0 Å². The molecule has 0 aromatic heterocycles. The van der Waals surface area contributed by atoms with Crippen LogP contribution in [0.25, 0.3) is 0 Å². The van der Waals surface area contributed by atoms with Crippen LogP contribution in [0.4, 0.5) is 0 Å². The molecule has 0 fully saturated rings. The predicted molar refractivity (Wildman–Crippen MR) is 100 cm³/mol. The van der Waals surface area contributed by atoms with Gasteiger partial charge in [-0.2, -0.15) is 0 Å². The quantitative estimate of drug-likeness (QED) is 0.857. The van der Waals surface area contributed by atoms with Crippen molar-refractivity contribution in [3.63, 3.8) is 0 Å². The fourth-order valence-electron chi connectivity index (χ4n) is 3.26. The summed E-state index contributed by atoms with van der Waals surface area (Å²) in [6.45, 7) is 3.41. The van der Waals surface area contributed by atoms with Gasteiger partial charge in [0, 0.05) is 6.04 Å². The van der Waals surface area contributed by atoms with Crippen molar-refractivity contribution >= 4 is 10.0 Å². The molecule has 0 aliphatic heterocycles. The molecule has 1 atom stereocenters. The van der Waals surface area contributed by atoms with E-state index in [0.29, 0.717) is 0 Å². The molecule has 0 spiro atoms. The van der Waals surface area contributed by atoms with E-state index in [1.54, 1.807) is 21.0 Å². The van der Waals surface area contributed by atoms with Crippen molar-refractivity contribution in [1.29, 1.82) is 0 Å². The van der Waals surface area contributed by atoms with Gasteiger partial charge in [-0.15, -0.1) is 0 Å². The van der Waals surface area contributed by atoms with Crippen molar-refractivity contribution in [1.82, 2.24) is 4.72 Å². The maximum absolute atomic E-state index is 12.1. The van der Waals surface area contributed by atoms with Crippen molar-refractivity contribution in [3.05, 3.63) is 64.7 Å². The lowest BCUT2D eigenvalue weighted by Gasteiger charge is -2.16. The first-order valence-corrected chi connectivity index (χ1v) is 10.2. The molecule has 1 N–H and O–H groups in total. The molecule has 1 unspecified atom stereocenters. The minimum atomic E-state index is -3.25. The van der Waals surface area contributed by atoms with Gasteiger partial charge in [-0.05, 0) is 67.5 Å². The van der Waals surface area contributed by atoms with Crippen molar-refractivity contribution in [2.24, 2.45) is 0 Å². The van der Waals surface area contributed by atoms with Gasteiger partial charge < -0.3 is 4.74 Å².